The van der Waals surface area contributed by atoms with Gasteiger partial charge in [0.1, 0.15) is 5.75 Å². The lowest BCUT2D eigenvalue weighted by atomic mass is 9.83. The quantitative estimate of drug-likeness (QED) is 0.838. The van der Waals surface area contributed by atoms with E-state index in [1.807, 2.05) is 6.07 Å². The van der Waals surface area contributed by atoms with Gasteiger partial charge in [-0.15, -0.1) is 0 Å². The molecule has 0 amide bonds. The molecule has 0 spiro atoms. The van der Waals surface area contributed by atoms with Gasteiger partial charge in [0.15, 0.2) is 0 Å². The van der Waals surface area contributed by atoms with Gasteiger partial charge in [0, 0.05) is 18.7 Å². The molecule has 1 aromatic carbocycles. The smallest absolute Gasteiger partial charge is 0.121 e. The number of methoxy groups -OCH3 is 1. The molecular formula is C15H22N2O. The Morgan fingerprint density at radius 3 is 2.72 bits per heavy atom. The van der Waals surface area contributed by atoms with Crippen LogP contribution in [0.2, 0.25) is 0 Å². The Kier molecular flexibility index (Phi) is 3.31. The average Bonchev–Trinajstić information content (AvgIpc) is 2.47. The first-order chi connectivity index (χ1) is 8.86. The van der Waals surface area contributed by atoms with Crippen LogP contribution >= 0.6 is 0 Å². The van der Waals surface area contributed by atoms with E-state index in [9.17, 15) is 0 Å². The Bertz CT molecular complexity index is 413. The molecule has 1 saturated carbocycles. The zero-order valence-corrected chi connectivity index (χ0v) is 11.0. The van der Waals surface area contributed by atoms with Gasteiger partial charge in [-0.1, -0.05) is 19.3 Å². The molecule has 1 aliphatic carbocycles. The van der Waals surface area contributed by atoms with Gasteiger partial charge in [-0.05, 0) is 30.9 Å². The van der Waals surface area contributed by atoms with Gasteiger partial charge < -0.3 is 15.4 Å². The Balaban J connectivity index is 1.72. The first kappa shape index (κ1) is 11.7. The van der Waals surface area contributed by atoms with Crippen LogP contribution in [0.15, 0.2) is 18.2 Å². The fraction of sp³-hybridized carbons (Fsp3) is 0.600. The summed E-state index contributed by atoms with van der Waals surface area (Å²) in [6.07, 6.45) is 6.98. The molecule has 3 nitrogen and oxygen atoms in total. The predicted molar refractivity (Wildman–Crippen MR) is 75.5 cm³/mol. The highest BCUT2D eigenvalue weighted by Gasteiger charge is 2.26. The molecule has 1 aromatic rings. The van der Waals surface area contributed by atoms with Crippen molar-refractivity contribution in [1.82, 2.24) is 0 Å². The van der Waals surface area contributed by atoms with Crippen molar-refractivity contribution in [2.75, 3.05) is 24.3 Å². The van der Waals surface area contributed by atoms with Crippen molar-refractivity contribution in [2.24, 2.45) is 5.92 Å². The Labute approximate surface area is 109 Å². The van der Waals surface area contributed by atoms with E-state index in [-0.39, 0.29) is 0 Å². The summed E-state index contributed by atoms with van der Waals surface area (Å²) >= 11 is 0. The zero-order chi connectivity index (χ0) is 12.4. The molecule has 1 heterocycles. The minimum atomic E-state index is 0.589. The van der Waals surface area contributed by atoms with Crippen molar-refractivity contribution in [3.63, 3.8) is 0 Å². The molecule has 3 heteroatoms. The standard InChI is InChI=1S/C15H22N2O/c1-18-12-7-8-13-14(9-12)16-10-15(17-13)11-5-3-2-4-6-11/h7-9,11,15-17H,2-6,10H2,1H3. The normalized spacial score (nSPS) is 23.7. The second kappa shape index (κ2) is 5.09. The Morgan fingerprint density at radius 1 is 1.11 bits per heavy atom. The monoisotopic (exact) mass is 246 g/mol. The van der Waals surface area contributed by atoms with E-state index in [1.165, 1.54) is 43.5 Å². The molecule has 2 aliphatic rings. The van der Waals surface area contributed by atoms with Crippen molar-refractivity contribution < 1.29 is 4.74 Å². The molecule has 98 valence electrons. The summed E-state index contributed by atoms with van der Waals surface area (Å²) in [5.74, 6) is 1.75. The van der Waals surface area contributed by atoms with Gasteiger partial charge >= 0.3 is 0 Å². The van der Waals surface area contributed by atoms with E-state index in [2.05, 4.69) is 22.8 Å². The molecule has 0 aromatic heterocycles. The van der Waals surface area contributed by atoms with Gasteiger partial charge in [0.25, 0.3) is 0 Å². The lowest BCUT2D eigenvalue weighted by Crippen LogP contribution is -2.39. The molecule has 1 fully saturated rings. The van der Waals surface area contributed by atoms with Crippen LogP contribution in [0.3, 0.4) is 0 Å². The summed E-state index contributed by atoms with van der Waals surface area (Å²) < 4.78 is 5.26. The van der Waals surface area contributed by atoms with Crippen molar-refractivity contribution in [1.29, 1.82) is 0 Å². The van der Waals surface area contributed by atoms with Crippen LogP contribution in [0.25, 0.3) is 0 Å². The number of nitrogens with one attached hydrogen (secondary N) is 2. The largest absolute Gasteiger partial charge is 0.497 e. The van der Waals surface area contributed by atoms with Crippen LogP contribution in [-0.4, -0.2) is 19.7 Å². The number of ether oxygens (including phenoxy) is 1. The van der Waals surface area contributed by atoms with Crippen molar-refractivity contribution in [2.45, 2.75) is 38.1 Å². The highest BCUT2D eigenvalue weighted by molar-refractivity contribution is 5.73. The van der Waals surface area contributed by atoms with Crippen LogP contribution in [0.4, 0.5) is 11.4 Å². The zero-order valence-electron chi connectivity index (χ0n) is 11.0. The second-order valence-electron chi connectivity index (χ2n) is 5.44. The number of rotatable bonds is 2. The van der Waals surface area contributed by atoms with Gasteiger partial charge in [-0.2, -0.15) is 0 Å². The lowest BCUT2D eigenvalue weighted by molar-refractivity contribution is 0.322. The second-order valence-corrected chi connectivity index (χ2v) is 5.44. The summed E-state index contributed by atoms with van der Waals surface area (Å²) in [5.41, 5.74) is 2.39. The third kappa shape index (κ3) is 2.26. The highest BCUT2D eigenvalue weighted by Crippen LogP contribution is 2.35. The first-order valence-electron chi connectivity index (χ1n) is 7.05. The van der Waals surface area contributed by atoms with Crippen molar-refractivity contribution in [3.8, 4) is 5.75 Å². The van der Waals surface area contributed by atoms with Gasteiger partial charge in [0.2, 0.25) is 0 Å². The maximum atomic E-state index is 5.26. The molecule has 0 saturated heterocycles. The van der Waals surface area contributed by atoms with Crippen LogP contribution < -0.4 is 15.4 Å². The van der Waals surface area contributed by atoms with Crippen LogP contribution in [0.5, 0.6) is 5.75 Å². The minimum absolute atomic E-state index is 0.589. The summed E-state index contributed by atoms with van der Waals surface area (Å²) in [6, 6.07) is 6.80. The molecule has 2 N–H and O–H groups in total. The van der Waals surface area contributed by atoms with Crippen molar-refractivity contribution >= 4 is 11.4 Å². The third-order valence-electron chi connectivity index (χ3n) is 4.30. The Hall–Kier alpha value is -1.38. The SMILES string of the molecule is COc1ccc2c(c1)NCC(C1CCCCC1)N2. The fourth-order valence-corrected chi connectivity index (χ4v) is 3.21. The number of hydrogen-bond donors (Lipinski definition) is 2. The number of anilines is 2. The molecule has 0 bridgehead atoms. The number of hydrogen-bond acceptors (Lipinski definition) is 3. The maximum Gasteiger partial charge on any atom is 0.121 e. The van der Waals surface area contributed by atoms with E-state index < -0.39 is 0 Å². The van der Waals surface area contributed by atoms with Gasteiger partial charge in [0.05, 0.1) is 18.5 Å². The molecule has 1 unspecified atom stereocenters. The summed E-state index contributed by atoms with van der Waals surface area (Å²) in [7, 11) is 1.71. The molecule has 3 rings (SSSR count). The molecule has 0 radical (unpaired) electrons. The lowest BCUT2D eigenvalue weighted by Gasteiger charge is -2.36. The van der Waals surface area contributed by atoms with E-state index in [1.54, 1.807) is 7.11 Å². The third-order valence-corrected chi connectivity index (χ3v) is 4.30. The van der Waals surface area contributed by atoms with Crippen LogP contribution in [0.1, 0.15) is 32.1 Å². The topological polar surface area (TPSA) is 33.3 Å². The summed E-state index contributed by atoms with van der Waals surface area (Å²) in [4.78, 5) is 0. The fourth-order valence-electron chi connectivity index (χ4n) is 3.21. The summed E-state index contributed by atoms with van der Waals surface area (Å²) in [6.45, 7) is 1.03. The maximum absolute atomic E-state index is 5.26. The van der Waals surface area contributed by atoms with E-state index in [0.29, 0.717) is 6.04 Å². The van der Waals surface area contributed by atoms with Crippen LogP contribution in [0, 0.1) is 5.92 Å². The van der Waals surface area contributed by atoms with Crippen molar-refractivity contribution in [3.05, 3.63) is 18.2 Å². The summed E-state index contributed by atoms with van der Waals surface area (Å²) in [5, 5.41) is 7.24. The molecule has 1 aliphatic heterocycles. The molecular weight excluding hydrogens is 224 g/mol. The first-order valence-corrected chi connectivity index (χ1v) is 7.05. The van der Waals surface area contributed by atoms with E-state index in [0.717, 1.165) is 18.2 Å². The Morgan fingerprint density at radius 2 is 1.94 bits per heavy atom. The average molecular weight is 246 g/mol. The highest BCUT2D eigenvalue weighted by atomic mass is 16.5. The number of fused-ring (bicyclic) bond motifs is 1. The molecule has 18 heavy (non-hydrogen) atoms. The van der Waals surface area contributed by atoms with Gasteiger partial charge in [-0.3, -0.25) is 0 Å². The number of benzene rings is 1. The van der Waals surface area contributed by atoms with Crippen LogP contribution in [-0.2, 0) is 0 Å². The van der Waals surface area contributed by atoms with Gasteiger partial charge in [-0.25, -0.2) is 0 Å². The van der Waals surface area contributed by atoms with E-state index in [4.69, 9.17) is 4.74 Å². The van der Waals surface area contributed by atoms with E-state index >= 15 is 0 Å². The molecule has 1 atom stereocenters. The predicted octanol–water partition coefficient (Wildman–Crippen LogP) is 3.48. The minimum Gasteiger partial charge on any atom is -0.497 e.